The fraction of sp³-hybridized carbons (Fsp3) is 0.357. The Kier molecular flexibility index (Phi) is 7.71. The van der Waals surface area contributed by atoms with Gasteiger partial charge in [0.15, 0.2) is 0 Å². The second-order valence-electron chi connectivity index (χ2n) is 8.67. The molecule has 0 atom stereocenters. The van der Waals surface area contributed by atoms with Crippen molar-refractivity contribution in [2.45, 2.75) is 43.9 Å². The van der Waals surface area contributed by atoms with Crippen LogP contribution in [0.4, 0.5) is 5.82 Å². The minimum Gasteiger partial charge on any atom is -0.497 e. The molecule has 1 N–H and O–H groups in total. The van der Waals surface area contributed by atoms with Crippen LogP contribution in [0.1, 0.15) is 43.2 Å². The van der Waals surface area contributed by atoms with Crippen LogP contribution in [0, 0.1) is 0 Å². The lowest BCUT2D eigenvalue weighted by atomic mass is 9.68. The molecule has 1 aliphatic rings. The Hall–Kier alpha value is -2.79. The maximum Gasteiger partial charge on any atom is 0.236 e. The summed E-state index contributed by atoms with van der Waals surface area (Å²) in [6.07, 6.45) is 8.17. The molecule has 0 saturated heterocycles. The molecule has 3 aromatic rings. The van der Waals surface area contributed by atoms with Crippen molar-refractivity contribution < 1.29 is 9.53 Å². The van der Waals surface area contributed by atoms with E-state index in [1.807, 2.05) is 54.2 Å². The maximum absolute atomic E-state index is 13.7. The number of hydrogen-bond donors (Lipinski definition) is 1. The second-order valence-corrected chi connectivity index (χ2v) is 9.66. The molecular formula is C28H32N2O2S. The molecule has 0 bridgehead atoms. The Balaban J connectivity index is 1.55. The van der Waals surface area contributed by atoms with Crippen LogP contribution in [0.2, 0.25) is 0 Å². The first-order valence-electron chi connectivity index (χ1n) is 11.7. The van der Waals surface area contributed by atoms with E-state index in [4.69, 9.17) is 9.72 Å². The lowest BCUT2D eigenvalue weighted by Crippen LogP contribution is -2.42. The highest BCUT2D eigenvalue weighted by Crippen LogP contribution is 2.41. The molecule has 1 heterocycles. The molecule has 1 saturated carbocycles. The molecule has 0 radical (unpaired) electrons. The molecule has 0 spiro atoms. The van der Waals surface area contributed by atoms with Crippen LogP contribution < -0.4 is 10.1 Å². The van der Waals surface area contributed by atoms with Gasteiger partial charge in [0.2, 0.25) is 5.91 Å². The van der Waals surface area contributed by atoms with Gasteiger partial charge in [-0.1, -0.05) is 61.7 Å². The third-order valence-electron chi connectivity index (χ3n) is 6.62. The number of carbonyl (C=O) groups excluding carboxylic acids is 1. The number of rotatable bonds is 8. The van der Waals surface area contributed by atoms with Crippen molar-refractivity contribution in [2.75, 3.05) is 24.4 Å². The molecule has 1 aromatic heterocycles. The van der Waals surface area contributed by atoms with E-state index < -0.39 is 5.41 Å². The van der Waals surface area contributed by atoms with E-state index in [-0.39, 0.29) is 5.91 Å². The minimum atomic E-state index is -0.527. The summed E-state index contributed by atoms with van der Waals surface area (Å²) in [5, 5.41) is 3.14. The van der Waals surface area contributed by atoms with Crippen molar-refractivity contribution in [1.82, 2.24) is 4.98 Å². The number of ether oxygens (including phenoxy) is 1. The number of aromatic nitrogens is 1. The van der Waals surface area contributed by atoms with Gasteiger partial charge in [-0.05, 0) is 66.7 Å². The van der Waals surface area contributed by atoms with Crippen LogP contribution in [-0.4, -0.2) is 30.0 Å². The average Bonchev–Trinajstić information content (AvgIpc) is 2.88. The van der Waals surface area contributed by atoms with E-state index in [2.05, 4.69) is 35.8 Å². The lowest BCUT2D eigenvalue weighted by Gasteiger charge is -2.36. The normalized spacial score (nSPS) is 15.1. The number of amides is 1. The molecule has 4 rings (SSSR count). The van der Waals surface area contributed by atoms with Gasteiger partial charge in [-0.15, -0.1) is 0 Å². The van der Waals surface area contributed by atoms with Crippen molar-refractivity contribution in [3.8, 4) is 17.0 Å². The van der Waals surface area contributed by atoms with Crippen LogP contribution in [0.25, 0.3) is 11.3 Å². The fourth-order valence-electron chi connectivity index (χ4n) is 4.68. The van der Waals surface area contributed by atoms with E-state index >= 15 is 0 Å². The van der Waals surface area contributed by atoms with Crippen LogP contribution in [0.15, 0.2) is 66.7 Å². The van der Waals surface area contributed by atoms with Gasteiger partial charge in [-0.2, -0.15) is 11.8 Å². The van der Waals surface area contributed by atoms with Gasteiger partial charge in [0.1, 0.15) is 11.6 Å². The Morgan fingerprint density at radius 3 is 2.39 bits per heavy atom. The molecule has 172 valence electrons. The molecular weight excluding hydrogens is 428 g/mol. The average molecular weight is 461 g/mol. The van der Waals surface area contributed by atoms with E-state index in [0.29, 0.717) is 5.82 Å². The first-order valence-corrected chi connectivity index (χ1v) is 13.1. The number of benzene rings is 2. The van der Waals surface area contributed by atoms with E-state index in [9.17, 15) is 4.79 Å². The Morgan fingerprint density at radius 1 is 1.00 bits per heavy atom. The van der Waals surface area contributed by atoms with Crippen LogP contribution >= 0.6 is 11.8 Å². The zero-order chi connectivity index (χ0) is 23.1. The largest absolute Gasteiger partial charge is 0.497 e. The van der Waals surface area contributed by atoms with Crippen molar-refractivity contribution >= 4 is 23.5 Å². The Labute approximate surface area is 201 Å². The standard InChI is InChI=1S/C28H32N2O2S/c1-32-24-15-13-23(14-16-24)28(18-4-3-5-19-28)27(31)30-26-8-6-7-25(29-26)22-11-9-21(10-12-22)17-20-33-2/h6-16H,3-5,17-20H2,1-2H3,(H,29,30,31). The lowest BCUT2D eigenvalue weighted by molar-refractivity contribution is -0.122. The van der Waals surface area contributed by atoms with Crippen LogP contribution in [0.3, 0.4) is 0 Å². The van der Waals surface area contributed by atoms with Crippen molar-refractivity contribution in [1.29, 1.82) is 0 Å². The summed E-state index contributed by atoms with van der Waals surface area (Å²) >= 11 is 1.86. The molecule has 0 aliphatic heterocycles. The SMILES string of the molecule is COc1ccc(C2(C(=O)Nc3cccc(-c4ccc(CCSC)cc4)n3)CCCCC2)cc1. The summed E-state index contributed by atoms with van der Waals surface area (Å²) in [6.45, 7) is 0. The number of aryl methyl sites for hydroxylation is 1. The molecule has 4 nitrogen and oxygen atoms in total. The summed E-state index contributed by atoms with van der Waals surface area (Å²) in [4.78, 5) is 18.4. The number of nitrogens with one attached hydrogen (secondary N) is 1. The summed E-state index contributed by atoms with van der Waals surface area (Å²) < 4.78 is 5.32. The van der Waals surface area contributed by atoms with E-state index in [1.54, 1.807) is 7.11 Å². The fourth-order valence-corrected chi connectivity index (χ4v) is 5.12. The Morgan fingerprint density at radius 2 is 1.73 bits per heavy atom. The number of methoxy groups -OCH3 is 1. The van der Waals surface area contributed by atoms with Gasteiger partial charge in [-0.3, -0.25) is 4.79 Å². The van der Waals surface area contributed by atoms with Crippen molar-refractivity contribution in [3.05, 3.63) is 77.9 Å². The predicted octanol–water partition coefficient (Wildman–Crippen LogP) is 6.50. The summed E-state index contributed by atoms with van der Waals surface area (Å²) in [5.41, 5.74) is 3.78. The molecule has 1 fully saturated rings. The molecule has 2 aromatic carbocycles. The third-order valence-corrected chi connectivity index (χ3v) is 7.23. The topological polar surface area (TPSA) is 51.2 Å². The van der Waals surface area contributed by atoms with Crippen molar-refractivity contribution in [3.63, 3.8) is 0 Å². The number of hydrogen-bond acceptors (Lipinski definition) is 4. The molecule has 1 aliphatic carbocycles. The van der Waals surface area contributed by atoms with Gasteiger partial charge in [-0.25, -0.2) is 4.98 Å². The quantitative estimate of drug-likeness (QED) is 0.417. The van der Waals surface area contributed by atoms with Gasteiger partial charge in [0.05, 0.1) is 18.2 Å². The highest BCUT2D eigenvalue weighted by molar-refractivity contribution is 7.98. The van der Waals surface area contributed by atoms with Gasteiger partial charge in [0.25, 0.3) is 0 Å². The first kappa shape index (κ1) is 23.4. The zero-order valence-electron chi connectivity index (χ0n) is 19.5. The molecule has 0 unspecified atom stereocenters. The molecule has 1 amide bonds. The van der Waals surface area contributed by atoms with E-state index in [1.165, 1.54) is 12.0 Å². The number of pyridine rings is 1. The van der Waals surface area contributed by atoms with Crippen LogP contribution in [0.5, 0.6) is 5.75 Å². The zero-order valence-corrected chi connectivity index (χ0v) is 20.3. The highest BCUT2D eigenvalue weighted by Gasteiger charge is 2.41. The van der Waals surface area contributed by atoms with Crippen LogP contribution in [-0.2, 0) is 16.6 Å². The molecule has 33 heavy (non-hydrogen) atoms. The van der Waals surface area contributed by atoms with Crippen molar-refractivity contribution in [2.24, 2.45) is 0 Å². The Bertz CT molecular complexity index is 1060. The number of carbonyl (C=O) groups is 1. The smallest absolute Gasteiger partial charge is 0.236 e. The number of thioether (sulfide) groups is 1. The highest BCUT2D eigenvalue weighted by atomic mass is 32.2. The minimum absolute atomic E-state index is 0.0319. The third kappa shape index (κ3) is 5.41. The summed E-state index contributed by atoms with van der Waals surface area (Å²) in [6, 6.07) is 22.3. The monoisotopic (exact) mass is 460 g/mol. The maximum atomic E-state index is 13.7. The number of nitrogens with zero attached hydrogens (tertiary/aromatic N) is 1. The first-order chi connectivity index (χ1) is 16.1. The predicted molar refractivity (Wildman–Crippen MR) is 138 cm³/mol. The van der Waals surface area contributed by atoms with E-state index in [0.717, 1.165) is 60.4 Å². The summed E-state index contributed by atoms with van der Waals surface area (Å²) in [7, 11) is 1.66. The number of anilines is 1. The van der Waals surface area contributed by atoms with Gasteiger partial charge >= 0.3 is 0 Å². The summed E-state index contributed by atoms with van der Waals surface area (Å²) in [5.74, 6) is 2.56. The second kappa shape index (κ2) is 10.9. The van der Waals surface area contributed by atoms with Gasteiger partial charge in [0, 0.05) is 5.56 Å². The molecule has 5 heteroatoms. The van der Waals surface area contributed by atoms with Gasteiger partial charge < -0.3 is 10.1 Å².